The van der Waals surface area contributed by atoms with Crippen molar-refractivity contribution in [3.05, 3.63) is 24.8 Å². The number of carbonyl (C=O) groups is 1. The molecule has 0 saturated carbocycles. The van der Waals surface area contributed by atoms with Crippen molar-refractivity contribution in [1.29, 1.82) is 0 Å². The van der Waals surface area contributed by atoms with Gasteiger partial charge in [0.1, 0.15) is 5.82 Å². The average molecular weight is 332 g/mol. The second-order valence-electron chi connectivity index (χ2n) is 6.42. The minimum Gasteiger partial charge on any atom is -0.465 e. The fourth-order valence-electron chi connectivity index (χ4n) is 2.64. The Hall–Kier alpha value is -2.68. The van der Waals surface area contributed by atoms with Crippen molar-refractivity contribution < 1.29 is 14.6 Å². The Kier molecular flexibility index (Phi) is 4.10. The standard InChI is InChI=1S/C15H20N6O3/c1-15(2)9-24-11(8-21(15)14(22)23)7-20-6-10(3-19-20)12-4-18-13(16)5-17-12/h3-6,11H,7-9H2,1-2H3,(H2,16,18)(H,22,23)/t11-/m0/s1. The Morgan fingerprint density at radius 2 is 2.21 bits per heavy atom. The highest BCUT2D eigenvalue weighted by atomic mass is 16.5. The zero-order chi connectivity index (χ0) is 17.3. The third-order valence-electron chi connectivity index (χ3n) is 4.01. The van der Waals surface area contributed by atoms with Crippen molar-refractivity contribution in [1.82, 2.24) is 24.6 Å². The molecule has 3 N–H and O–H groups in total. The summed E-state index contributed by atoms with van der Waals surface area (Å²) >= 11 is 0. The van der Waals surface area contributed by atoms with E-state index in [1.54, 1.807) is 17.1 Å². The lowest BCUT2D eigenvalue weighted by molar-refractivity contribution is -0.0918. The van der Waals surface area contributed by atoms with E-state index >= 15 is 0 Å². The minimum atomic E-state index is -0.938. The Balaban J connectivity index is 1.69. The van der Waals surface area contributed by atoms with Crippen LogP contribution in [0.5, 0.6) is 0 Å². The second-order valence-corrected chi connectivity index (χ2v) is 6.42. The maximum Gasteiger partial charge on any atom is 0.407 e. The van der Waals surface area contributed by atoms with Crippen molar-refractivity contribution >= 4 is 11.9 Å². The maximum atomic E-state index is 11.4. The molecule has 3 heterocycles. The van der Waals surface area contributed by atoms with Crippen LogP contribution in [0.4, 0.5) is 10.6 Å². The van der Waals surface area contributed by atoms with Gasteiger partial charge in [0, 0.05) is 11.8 Å². The van der Waals surface area contributed by atoms with E-state index in [1.807, 2.05) is 20.0 Å². The van der Waals surface area contributed by atoms with Gasteiger partial charge in [0.05, 0.1) is 55.6 Å². The molecule has 9 heteroatoms. The molecule has 2 aromatic rings. The molecule has 0 spiro atoms. The Morgan fingerprint density at radius 1 is 1.42 bits per heavy atom. The van der Waals surface area contributed by atoms with E-state index in [9.17, 15) is 9.90 Å². The van der Waals surface area contributed by atoms with Gasteiger partial charge < -0.3 is 15.6 Å². The molecule has 1 saturated heterocycles. The van der Waals surface area contributed by atoms with Crippen LogP contribution in [-0.4, -0.2) is 60.6 Å². The van der Waals surface area contributed by atoms with Crippen LogP contribution in [0.3, 0.4) is 0 Å². The summed E-state index contributed by atoms with van der Waals surface area (Å²) in [5.41, 5.74) is 6.49. The number of carboxylic acid groups (broad SMARTS) is 1. The molecule has 128 valence electrons. The van der Waals surface area contributed by atoms with Crippen LogP contribution in [0.15, 0.2) is 24.8 Å². The first-order valence-corrected chi connectivity index (χ1v) is 7.58. The lowest BCUT2D eigenvalue weighted by Crippen LogP contribution is -2.58. The molecule has 1 amide bonds. The van der Waals surface area contributed by atoms with E-state index < -0.39 is 11.6 Å². The van der Waals surface area contributed by atoms with Gasteiger partial charge >= 0.3 is 6.09 Å². The van der Waals surface area contributed by atoms with Gasteiger partial charge in [0.25, 0.3) is 0 Å². The van der Waals surface area contributed by atoms with E-state index in [0.29, 0.717) is 31.2 Å². The molecule has 0 aromatic carbocycles. The summed E-state index contributed by atoms with van der Waals surface area (Å²) in [6.07, 6.45) is 5.40. The number of aromatic nitrogens is 4. The molecule has 0 aliphatic carbocycles. The van der Waals surface area contributed by atoms with Crippen molar-refractivity contribution in [2.24, 2.45) is 0 Å². The summed E-state index contributed by atoms with van der Waals surface area (Å²) in [6, 6.07) is 0. The molecular weight excluding hydrogens is 312 g/mol. The lowest BCUT2D eigenvalue weighted by Gasteiger charge is -2.43. The summed E-state index contributed by atoms with van der Waals surface area (Å²) in [5, 5.41) is 13.6. The maximum absolute atomic E-state index is 11.4. The average Bonchev–Trinajstić information content (AvgIpc) is 2.98. The van der Waals surface area contributed by atoms with Crippen molar-refractivity contribution in [2.45, 2.75) is 32.0 Å². The number of rotatable bonds is 3. The molecule has 0 radical (unpaired) electrons. The molecule has 0 bridgehead atoms. The van der Waals surface area contributed by atoms with Gasteiger partial charge in [0.2, 0.25) is 0 Å². The van der Waals surface area contributed by atoms with E-state index in [0.717, 1.165) is 5.56 Å². The first kappa shape index (κ1) is 16.2. The summed E-state index contributed by atoms with van der Waals surface area (Å²) in [7, 11) is 0. The Bertz CT molecular complexity index is 727. The van der Waals surface area contributed by atoms with Crippen molar-refractivity contribution in [3.63, 3.8) is 0 Å². The van der Waals surface area contributed by atoms with Crippen LogP contribution < -0.4 is 5.73 Å². The SMILES string of the molecule is CC1(C)CO[C@@H](Cn2cc(-c3cnc(N)cn3)cn2)CN1C(=O)O. The molecule has 9 nitrogen and oxygen atoms in total. The number of nitrogens with zero attached hydrogens (tertiary/aromatic N) is 5. The van der Waals surface area contributed by atoms with Gasteiger partial charge in [-0.15, -0.1) is 0 Å². The van der Waals surface area contributed by atoms with Crippen LogP contribution in [0.2, 0.25) is 0 Å². The quantitative estimate of drug-likeness (QED) is 0.863. The largest absolute Gasteiger partial charge is 0.465 e. The molecule has 3 rings (SSSR count). The smallest absolute Gasteiger partial charge is 0.407 e. The predicted molar refractivity (Wildman–Crippen MR) is 86.2 cm³/mol. The summed E-state index contributed by atoms with van der Waals surface area (Å²) in [6.45, 7) is 4.81. The number of morpholine rings is 1. The van der Waals surface area contributed by atoms with Gasteiger partial charge in [-0.1, -0.05) is 0 Å². The molecule has 1 atom stereocenters. The highest BCUT2D eigenvalue weighted by Crippen LogP contribution is 2.23. The number of hydrogen-bond acceptors (Lipinski definition) is 6. The van der Waals surface area contributed by atoms with Gasteiger partial charge in [0.15, 0.2) is 0 Å². The number of ether oxygens (including phenoxy) is 1. The van der Waals surface area contributed by atoms with Gasteiger partial charge in [-0.3, -0.25) is 14.6 Å². The fraction of sp³-hybridized carbons (Fsp3) is 0.467. The molecule has 1 aliphatic heterocycles. The summed E-state index contributed by atoms with van der Waals surface area (Å²) in [4.78, 5) is 21.0. The van der Waals surface area contributed by atoms with Crippen LogP contribution >= 0.6 is 0 Å². The van der Waals surface area contributed by atoms with Gasteiger partial charge in [-0.05, 0) is 13.8 Å². The number of amides is 1. The number of anilines is 1. The fourth-order valence-corrected chi connectivity index (χ4v) is 2.64. The highest BCUT2D eigenvalue weighted by Gasteiger charge is 2.38. The summed E-state index contributed by atoms with van der Waals surface area (Å²) < 4.78 is 7.52. The van der Waals surface area contributed by atoms with Crippen molar-refractivity contribution in [3.8, 4) is 11.3 Å². The third-order valence-corrected chi connectivity index (χ3v) is 4.01. The number of nitrogen functional groups attached to an aromatic ring is 1. The van der Waals surface area contributed by atoms with Crippen LogP contribution in [-0.2, 0) is 11.3 Å². The molecule has 1 aliphatic rings. The monoisotopic (exact) mass is 332 g/mol. The molecule has 2 aromatic heterocycles. The molecule has 0 unspecified atom stereocenters. The molecule has 24 heavy (non-hydrogen) atoms. The second kappa shape index (κ2) is 6.08. The van der Waals surface area contributed by atoms with E-state index in [1.165, 1.54) is 11.1 Å². The van der Waals surface area contributed by atoms with Gasteiger partial charge in [-0.2, -0.15) is 5.10 Å². The van der Waals surface area contributed by atoms with Crippen LogP contribution in [0.1, 0.15) is 13.8 Å². The zero-order valence-electron chi connectivity index (χ0n) is 13.6. The highest BCUT2D eigenvalue weighted by molar-refractivity contribution is 5.66. The predicted octanol–water partition coefficient (Wildman–Crippen LogP) is 1.08. The van der Waals surface area contributed by atoms with E-state index in [4.69, 9.17) is 10.5 Å². The third kappa shape index (κ3) is 3.30. The van der Waals surface area contributed by atoms with Crippen LogP contribution in [0.25, 0.3) is 11.3 Å². The van der Waals surface area contributed by atoms with Crippen molar-refractivity contribution in [2.75, 3.05) is 18.9 Å². The Morgan fingerprint density at radius 3 is 2.88 bits per heavy atom. The topological polar surface area (TPSA) is 119 Å². The molecular formula is C15H20N6O3. The van der Waals surface area contributed by atoms with E-state index in [2.05, 4.69) is 15.1 Å². The number of nitrogens with two attached hydrogens (primary N) is 1. The Labute approximate surface area is 139 Å². The first-order chi connectivity index (χ1) is 11.3. The van der Waals surface area contributed by atoms with E-state index in [-0.39, 0.29) is 6.10 Å². The number of hydrogen-bond donors (Lipinski definition) is 2. The first-order valence-electron chi connectivity index (χ1n) is 7.58. The zero-order valence-corrected chi connectivity index (χ0v) is 13.6. The lowest BCUT2D eigenvalue weighted by atomic mass is 10.0. The summed E-state index contributed by atoms with van der Waals surface area (Å²) in [5.74, 6) is 0.359. The van der Waals surface area contributed by atoms with Crippen LogP contribution in [0, 0.1) is 0 Å². The normalized spacial score (nSPS) is 20.1. The minimum absolute atomic E-state index is 0.251. The molecule has 1 fully saturated rings. The van der Waals surface area contributed by atoms with Gasteiger partial charge in [-0.25, -0.2) is 9.78 Å².